The molecule has 0 bridgehead atoms. The number of aromatic hydroxyl groups is 1. The van der Waals surface area contributed by atoms with Crippen molar-refractivity contribution in [3.05, 3.63) is 99.6 Å². The summed E-state index contributed by atoms with van der Waals surface area (Å²) in [4.78, 5) is 27.6. The molecule has 4 rings (SSSR count). The highest BCUT2D eigenvalue weighted by molar-refractivity contribution is 6.46. The van der Waals surface area contributed by atoms with Gasteiger partial charge in [0, 0.05) is 6.54 Å². The maximum absolute atomic E-state index is 13.3. The highest BCUT2D eigenvalue weighted by Gasteiger charge is 2.46. The molecule has 0 spiro atoms. The van der Waals surface area contributed by atoms with E-state index in [1.165, 1.54) is 43.5 Å². The second-order valence-electron chi connectivity index (χ2n) is 8.88. The van der Waals surface area contributed by atoms with Crippen LogP contribution < -0.4 is 4.74 Å². The number of aliphatic hydroxyl groups excluding tert-OH is 1. The molecule has 1 aliphatic rings. The van der Waals surface area contributed by atoms with Gasteiger partial charge in [-0.3, -0.25) is 9.59 Å². The number of phenolic OH excluding ortho intramolecular Hbond substituents is 1. The molecule has 9 heteroatoms. The number of likely N-dealkylation sites (tertiary alicyclic amines) is 1. The van der Waals surface area contributed by atoms with E-state index in [0.717, 1.165) is 22.6 Å². The molecular formula is C28H24F3NO5. The second-order valence-corrected chi connectivity index (χ2v) is 8.88. The van der Waals surface area contributed by atoms with Gasteiger partial charge in [-0.15, -0.1) is 0 Å². The molecule has 1 atom stereocenters. The Morgan fingerprint density at radius 3 is 2.32 bits per heavy atom. The molecule has 3 aromatic carbocycles. The molecule has 1 aliphatic heterocycles. The Kier molecular flexibility index (Phi) is 6.73. The molecule has 6 nitrogen and oxygen atoms in total. The number of hydrogen-bond acceptors (Lipinski definition) is 5. The molecule has 1 fully saturated rings. The summed E-state index contributed by atoms with van der Waals surface area (Å²) in [6.07, 6.45) is -4.58. The Bertz CT molecular complexity index is 1410. The fraction of sp³-hybridized carbons (Fsp3) is 0.214. The minimum absolute atomic E-state index is 0.0606. The molecule has 2 N–H and O–H groups in total. The van der Waals surface area contributed by atoms with Gasteiger partial charge in [-0.05, 0) is 66.4 Å². The third-order valence-corrected chi connectivity index (χ3v) is 6.23. The number of amides is 1. The van der Waals surface area contributed by atoms with Crippen LogP contribution >= 0.6 is 0 Å². The van der Waals surface area contributed by atoms with E-state index in [0.29, 0.717) is 16.9 Å². The van der Waals surface area contributed by atoms with Gasteiger partial charge in [0.05, 0.1) is 29.9 Å². The summed E-state index contributed by atoms with van der Waals surface area (Å²) in [5.74, 6) is -2.16. The van der Waals surface area contributed by atoms with Gasteiger partial charge < -0.3 is 19.8 Å². The van der Waals surface area contributed by atoms with Crippen molar-refractivity contribution in [2.45, 2.75) is 32.6 Å². The van der Waals surface area contributed by atoms with Crippen molar-refractivity contribution >= 4 is 17.4 Å². The first kappa shape index (κ1) is 25.8. The van der Waals surface area contributed by atoms with Crippen LogP contribution in [0.4, 0.5) is 13.2 Å². The summed E-state index contributed by atoms with van der Waals surface area (Å²) >= 11 is 0. The van der Waals surface area contributed by atoms with Crippen molar-refractivity contribution < 1.29 is 37.7 Å². The number of alkyl halides is 3. The molecule has 0 aliphatic carbocycles. The lowest BCUT2D eigenvalue weighted by Crippen LogP contribution is -2.29. The number of rotatable bonds is 5. The maximum atomic E-state index is 13.3. The lowest BCUT2D eigenvalue weighted by atomic mass is 9.93. The van der Waals surface area contributed by atoms with E-state index in [4.69, 9.17) is 4.74 Å². The molecular weight excluding hydrogens is 487 g/mol. The molecule has 37 heavy (non-hydrogen) atoms. The first-order valence-corrected chi connectivity index (χ1v) is 11.3. The van der Waals surface area contributed by atoms with Crippen molar-refractivity contribution in [1.29, 1.82) is 0 Å². The summed E-state index contributed by atoms with van der Waals surface area (Å²) < 4.78 is 45.3. The lowest BCUT2D eigenvalue weighted by molar-refractivity contribution is -0.140. The number of aryl methyl sites for hydroxylation is 2. The maximum Gasteiger partial charge on any atom is 0.416 e. The van der Waals surface area contributed by atoms with Gasteiger partial charge in [-0.25, -0.2) is 0 Å². The summed E-state index contributed by atoms with van der Waals surface area (Å²) in [5.41, 5.74) is 1.11. The highest BCUT2D eigenvalue weighted by atomic mass is 19.4. The van der Waals surface area contributed by atoms with Gasteiger partial charge >= 0.3 is 6.18 Å². The number of benzene rings is 3. The molecule has 3 aromatic rings. The van der Waals surface area contributed by atoms with Gasteiger partial charge in [0.25, 0.3) is 11.7 Å². The molecule has 1 saturated heterocycles. The fourth-order valence-electron chi connectivity index (χ4n) is 4.64. The van der Waals surface area contributed by atoms with Crippen LogP contribution in [0.5, 0.6) is 11.5 Å². The monoisotopic (exact) mass is 511 g/mol. The number of nitrogens with zero attached hydrogens (tertiary/aromatic N) is 1. The number of hydrogen-bond donors (Lipinski definition) is 2. The van der Waals surface area contributed by atoms with Crippen molar-refractivity contribution in [2.75, 3.05) is 7.11 Å². The van der Waals surface area contributed by atoms with E-state index in [-0.39, 0.29) is 29.0 Å². The van der Waals surface area contributed by atoms with Crippen LogP contribution in [0.15, 0.2) is 66.2 Å². The van der Waals surface area contributed by atoms with Crippen LogP contribution in [-0.4, -0.2) is 33.9 Å². The van der Waals surface area contributed by atoms with Gasteiger partial charge in [0.15, 0.2) is 0 Å². The number of ether oxygens (including phenoxy) is 1. The van der Waals surface area contributed by atoms with Crippen LogP contribution in [0, 0.1) is 13.8 Å². The van der Waals surface area contributed by atoms with Crippen LogP contribution in [0.1, 0.15) is 39.4 Å². The Hall–Kier alpha value is -4.27. The second kappa shape index (κ2) is 9.65. The van der Waals surface area contributed by atoms with Crippen molar-refractivity contribution in [3.63, 3.8) is 0 Å². The van der Waals surface area contributed by atoms with Gasteiger partial charge in [-0.1, -0.05) is 30.3 Å². The molecule has 0 aromatic heterocycles. The normalized spacial score (nSPS) is 17.4. The SMILES string of the molecule is COc1c(C)cc(C)cc1/C(O)=C1\C(=O)C(=O)N(Cc2cccc(C(F)(F)F)c2)C1c1ccc(O)cc1. The van der Waals surface area contributed by atoms with Crippen LogP contribution in [0.25, 0.3) is 5.76 Å². The highest BCUT2D eigenvalue weighted by Crippen LogP contribution is 2.43. The van der Waals surface area contributed by atoms with Gasteiger partial charge in [-0.2, -0.15) is 13.2 Å². The fourth-order valence-corrected chi connectivity index (χ4v) is 4.64. The molecule has 1 amide bonds. The van der Waals surface area contributed by atoms with E-state index < -0.39 is 35.2 Å². The topological polar surface area (TPSA) is 87.1 Å². The van der Waals surface area contributed by atoms with Crippen molar-refractivity contribution in [2.24, 2.45) is 0 Å². The largest absolute Gasteiger partial charge is 0.508 e. The standard InChI is InChI=1S/C28H24F3NO5/c1-15-11-16(2)26(37-3)21(12-15)24(34)22-23(18-7-9-20(33)10-8-18)32(27(36)25(22)35)14-17-5-4-6-19(13-17)28(29,30)31/h4-13,23,33-34H,14H2,1-3H3/b24-22+. The van der Waals surface area contributed by atoms with Crippen LogP contribution in [0.3, 0.4) is 0 Å². The van der Waals surface area contributed by atoms with Crippen LogP contribution in [0.2, 0.25) is 0 Å². The quantitative estimate of drug-likeness (QED) is 0.262. The summed E-state index contributed by atoms with van der Waals surface area (Å²) in [7, 11) is 1.41. The molecule has 0 saturated carbocycles. The van der Waals surface area contributed by atoms with Crippen molar-refractivity contribution in [3.8, 4) is 11.5 Å². The summed E-state index contributed by atoms with van der Waals surface area (Å²) in [5, 5.41) is 21.2. The van der Waals surface area contributed by atoms with Gasteiger partial charge in [0.2, 0.25) is 0 Å². The number of halogens is 3. The minimum atomic E-state index is -4.58. The first-order chi connectivity index (χ1) is 17.4. The minimum Gasteiger partial charge on any atom is -0.508 e. The number of carbonyl (C=O) groups excluding carboxylic acids is 2. The lowest BCUT2D eigenvalue weighted by Gasteiger charge is -2.26. The average molecular weight is 511 g/mol. The van der Waals surface area contributed by atoms with E-state index >= 15 is 0 Å². The number of methoxy groups -OCH3 is 1. The third-order valence-electron chi connectivity index (χ3n) is 6.23. The van der Waals surface area contributed by atoms with E-state index in [9.17, 15) is 33.0 Å². The van der Waals surface area contributed by atoms with E-state index in [2.05, 4.69) is 0 Å². The molecule has 0 radical (unpaired) electrons. The zero-order chi connectivity index (χ0) is 27.1. The smallest absolute Gasteiger partial charge is 0.416 e. The Balaban J connectivity index is 1.90. The van der Waals surface area contributed by atoms with Crippen molar-refractivity contribution in [1.82, 2.24) is 4.90 Å². The summed E-state index contributed by atoms with van der Waals surface area (Å²) in [6, 6.07) is 12.5. The molecule has 1 heterocycles. The average Bonchev–Trinajstić information content (AvgIpc) is 3.08. The number of aliphatic hydroxyl groups is 1. The predicted molar refractivity (Wildman–Crippen MR) is 130 cm³/mol. The summed E-state index contributed by atoms with van der Waals surface area (Å²) in [6.45, 7) is 3.25. The first-order valence-electron chi connectivity index (χ1n) is 11.3. The Morgan fingerprint density at radius 2 is 1.70 bits per heavy atom. The molecule has 1 unspecified atom stereocenters. The number of carbonyl (C=O) groups is 2. The predicted octanol–water partition coefficient (Wildman–Crippen LogP) is 5.66. The van der Waals surface area contributed by atoms with Gasteiger partial charge in [0.1, 0.15) is 17.3 Å². The zero-order valence-corrected chi connectivity index (χ0v) is 20.3. The zero-order valence-electron chi connectivity index (χ0n) is 20.3. The third kappa shape index (κ3) is 4.89. The Labute approximate surface area is 211 Å². The van der Waals surface area contributed by atoms with E-state index in [1.54, 1.807) is 19.9 Å². The number of Topliss-reactive ketones (excluding diaryl/α,β-unsaturated/α-hetero) is 1. The molecule has 192 valence electrons. The number of phenols is 1. The number of ketones is 1. The van der Waals surface area contributed by atoms with E-state index in [1.807, 2.05) is 6.07 Å². The Morgan fingerprint density at radius 1 is 1.03 bits per heavy atom. The van der Waals surface area contributed by atoms with Crippen LogP contribution in [-0.2, 0) is 22.3 Å².